The lowest BCUT2D eigenvalue weighted by atomic mass is 9.95. The molecule has 9 nitrogen and oxygen atoms in total. The minimum absolute atomic E-state index is 0.0426. The number of hydrogen-bond acceptors (Lipinski definition) is 7. The number of amides is 1. The fourth-order valence-corrected chi connectivity index (χ4v) is 4.88. The summed E-state index contributed by atoms with van der Waals surface area (Å²) in [6.07, 6.45) is 1.82. The summed E-state index contributed by atoms with van der Waals surface area (Å²) in [5.41, 5.74) is 2.94. The van der Waals surface area contributed by atoms with Crippen LogP contribution < -0.4 is 14.2 Å². The van der Waals surface area contributed by atoms with E-state index < -0.39 is 6.04 Å². The SMILES string of the molecule is COc1cc([C@@H]2c3c(-c4ccccc4O)n[nH]c3C(=O)N2C[C@@H]2CCCO2)cc(OC)c1OC. The first-order valence-electron chi connectivity index (χ1n) is 11.2. The average molecular weight is 466 g/mol. The van der Waals surface area contributed by atoms with E-state index in [1.165, 1.54) is 0 Å². The number of H-pyrrole nitrogens is 1. The van der Waals surface area contributed by atoms with Crippen molar-refractivity contribution >= 4 is 5.91 Å². The van der Waals surface area contributed by atoms with Crippen LogP contribution in [0.4, 0.5) is 0 Å². The molecule has 0 spiro atoms. The molecule has 1 fully saturated rings. The lowest BCUT2D eigenvalue weighted by Crippen LogP contribution is -2.36. The smallest absolute Gasteiger partial charge is 0.273 e. The van der Waals surface area contributed by atoms with Crippen molar-refractivity contribution in [3.8, 4) is 34.3 Å². The molecule has 2 aromatic carbocycles. The monoisotopic (exact) mass is 465 g/mol. The van der Waals surface area contributed by atoms with Crippen LogP contribution in [0.15, 0.2) is 36.4 Å². The zero-order valence-electron chi connectivity index (χ0n) is 19.3. The minimum atomic E-state index is -0.492. The van der Waals surface area contributed by atoms with Crippen molar-refractivity contribution in [3.63, 3.8) is 0 Å². The predicted molar refractivity (Wildman–Crippen MR) is 124 cm³/mol. The van der Waals surface area contributed by atoms with Crippen LogP contribution in [-0.4, -0.2) is 66.7 Å². The van der Waals surface area contributed by atoms with Gasteiger partial charge in [-0.25, -0.2) is 0 Å². The normalized spacial score (nSPS) is 19.4. The summed E-state index contributed by atoms with van der Waals surface area (Å²) in [6, 6.07) is 10.2. The Kier molecular flexibility index (Phi) is 5.79. The number of ether oxygens (including phenoxy) is 4. The number of para-hydroxylation sites is 1. The van der Waals surface area contributed by atoms with Crippen LogP contribution in [0.25, 0.3) is 11.3 Å². The number of carbonyl (C=O) groups excluding carboxylic acids is 1. The molecule has 0 saturated carbocycles. The van der Waals surface area contributed by atoms with Gasteiger partial charge in [-0.3, -0.25) is 9.89 Å². The molecule has 9 heteroatoms. The summed E-state index contributed by atoms with van der Waals surface area (Å²) in [4.78, 5) is 15.4. The highest BCUT2D eigenvalue weighted by atomic mass is 16.5. The van der Waals surface area contributed by atoms with Gasteiger partial charge in [-0.15, -0.1) is 0 Å². The van der Waals surface area contributed by atoms with Crippen LogP contribution in [0.5, 0.6) is 23.0 Å². The number of aromatic hydroxyl groups is 1. The van der Waals surface area contributed by atoms with Crippen LogP contribution >= 0.6 is 0 Å². The molecule has 0 aliphatic carbocycles. The highest BCUT2D eigenvalue weighted by Gasteiger charge is 2.44. The third-order valence-corrected chi connectivity index (χ3v) is 6.45. The number of aromatic nitrogens is 2. The molecule has 0 bridgehead atoms. The van der Waals surface area contributed by atoms with Crippen LogP contribution in [0, 0.1) is 0 Å². The molecule has 5 rings (SSSR count). The summed E-state index contributed by atoms with van der Waals surface area (Å²) in [6.45, 7) is 1.13. The van der Waals surface area contributed by atoms with E-state index in [4.69, 9.17) is 18.9 Å². The Bertz CT molecular complexity index is 1190. The van der Waals surface area contributed by atoms with Crippen molar-refractivity contribution in [3.05, 3.63) is 53.2 Å². The van der Waals surface area contributed by atoms with Gasteiger partial charge in [0.25, 0.3) is 5.91 Å². The van der Waals surface area contributed by atoms with E-state index in [0.29, 0.717) is 52.9 Å². The molecular formula is C25H27N3O6. The van der Waals surface area contributed by atoms with Gasteiger partial charge < -0.3 is 29.0 Å². The summed E-state index contributed by atoms with van der Waals surface area (Å²) < 4.78 is 22.5. The largest absolute Gasteiger partial charge is 0.507 e. The Morgan fingerprint density at radius 1 is 1.15 bits per heavy atom. The van der Waals surface area contributed by atoms with Gasteiger partial charge in [0.2, 0.25) is 5.75 Å². The van der Waals surface area contributed by atoms with Gasteiger partial charge in [-0.2, -0.15) is 5.10 Å². The number of carbonyl (C=O) groups is 1. The number of rotatable bonds is 7. The second-order valence-electron chi connectivity index (χ2n) is 8.33. The predicted octanol–water partition coefficient (Wildman–Crippen LogP) is 3.53. The van der Waals surface area contributed by atoms with E-state index in [-0.39, 0.29) is 17.8 Å². The highest BCUT2D eigenvalue weighted by Crippen LogP contribution is 2.48. The second-order valence-corrected chi connectivity index (χ2v) is 8.33. The summed E-state index contributed by atoms with van der Waals surface area (Å²) in [7, 11) is 4.66. The Labute approximate surface area is 197 Å². The quantitative estimate of drug-likeness (QED) is 0.550. The topological polar surface area (TPSA) is 106 Å². The number of phenolic OH excluding ortho intramolecular Hbond substituents is 1. The van der Waals surface area contributed by atoms with Gasteiger partial charge in [0.1, 0.15) is 17.1 Å². The first kappa shape index (κ1) is 22.1. The Morgan fingerprint density at radius 2 is 1.88 bits per heavy atom. The number of phenols is 1. The second kappa shape index (κ2) is 8.90. The Hall–Kier alpha value is -3.72. The lowest BCUT2D eigenvalue weighted by Gasteiger charge is -2.29. The van der Waals surface area contributed by atoms with E-state index in [1.807, 2.05) is 18.2 Å². The number of hydrogen-bond donors (Lipinski definition) is 2. The van der Waals surface area contributed by atoms with Gasteiger partial charge >= 0.3 is 0 Å². The Morgan fingerprint density at radius 3 is 2.50 bits per heavy atom. The van der Waals surface area contributed by atoms with Gasteiger partial charge in [0.15, 0.2) is 11.5 Å². The number of nitrogens with one attached hydrogen (secondary N) is 1. The molecular weight excluding hydrogens is 438 g/mol. The molecule has 2 N–H and O–H groups in total. The number of benzene rings is 2. The third-order valence-electron chi connectivity index (χ3n) is 6.45. The number of nitrogens with zero attached hydrogens (tertiary/aromatic N) is 2. The fraction of sp³-hybridized carbons (Fsp3) is 0.360. The standard InChI is InChI=1S/C25H27N3O6/c1-31-18-11-14(12-19(32-2)24(18)33-3)23-20-21(16-8-4-5-9-17(16)29)26-27-22(20)25(30)28(23)13-15-7-6-10-34-15/h4-5,8-9,11-12,15,23,29H,6-7,10,13H2,1-3H3,(H,26,27)/t15-,23+/m0/s1. The maximum absolute atomic E-state index is 13.6. The minimum Gasteiger partial charge on any atom is -0.507 e. The van der Waals surface area contributed by atoms with Crippen molar-refractivity contribution in [1.82, 2.24) is 15.1 Å². The van der Waals surface area contributed by atoms with Crippen molar-refractivity contribution < 1.29 is 28.8 Å². The van der Waals surface area contributed by atoms with Crippen LogP contribution in [0.2, 0.25) is 0 Å². The number of fused-ring (bicyclic) bond motifs is 1. The molecule has 0 unspecified atom stereocenters. The van der Waals surface area contributed by atoms with Crippen molar-refractivity contribution in [2.45, 2.75) is 25.0 Å². The van der Waals surface area contributed by atoms with E-state index in [9.17, 15) is 9.90 Å². The van der Waals surface area contributed by atoms with Crippen molar-refractivity contribution in [2.75, 3.05) is 34.5 Å². The molecule has 3 heterocycles. The molecule has 1 saturated heterocycles. The zero-order chi connectivity index (χ0) is 23.8. The molecule has 3 aromatic rings. The maximum Gasteiger partial charge on any atom is 0.273 e. The van der Waals surface area contributed by atoms with Crippen LogP contribution in [0.3, 0.4) is 0 Å². The average Bonchev–Trinajstić information content (AvgIpc) is 3.58. The van der Waals surface area contributed by atoms with Gasteiger partial charge in [-0.05, 0) is 42.7 Å². The molecule has 2 aliphatic rings. The van der Waals surface area contributed by atoms with E-state index in [2.05, 4.69) is 10.2 Å². The van der Waals surface area contributed by atoms with Gasteiger partial charge in [-0.1, -0.05) is 12.1 Å². The molecule has 2 aliphatic heterocycles. The summed E-state index contributed by atoms with van der Waals surface area (Å²) >= 11 is 0. The molecule has 1 amide bonds. The van der Waals surface area contributed by atoms with Crippen molar-refractivity contribution in [2.24, 2.45) is 0 Å². The summed E-state index contributed by atoms with van der Waals surface area (Å²) in [5.74, 6) is 1.37. The maximum atomic E-state index is 13.6. The zero-order valence-corrected chi connectivity index (χ0v) is 19.3. The molecule has 34 heavy (non-hydrogen) atoms. The first-order chi connectivity index (χ1) is 16.6. The molecule has 178 valence electrons. The van der Waals surface area contributed by atoms with Crippen LogP contribution in [0.1, 0.15) is 40.5 Å². The molecule has 0 radical (unpaired) electrons. The Balaban J connectivity index is 1.69. The van der Waals surface area contributed by atoms with Gasteiger partial charge in [0.05, 0.1) is 33.5 Å². The third kappa shape index (κ3) is 3.52. The highest BCUT2D eigenvalue weighted by molar-refractivity contribution is 6.00. The molecule has 1 aromatic heterocycles. The van der Waals surface area contributed by atoms with E-state index in [0.717, 1.165) is 18.4 Å². The summed E-state index contributed by atoms with van der Waals surface area (Å²) in [5, 5.41) is 17.9. The van der Waals surface area contributed by atoms with Crippen LogP contribution in [-0.2, 0) is 4.74 Å². The van der Waals surface area contributed by atoms with Crippen molar-refractivity contribution in [1.29, 1.82) is 0 Å². The first-order valence-corrected chi connectivity index (χ1v) is 11.2. The molecule has 2 atom stereocenters. The number of methoxy groups -OCH3 is 3. The lowest BCUT2D eigenvalue weighted by molar-refractivity contribution is 0.0495. The van der Waals surface area contributed by atoms with E-state index >= 15 is 0 Å². The fourth-order valence-electron chi connectivity index (χ4n) is 4.88. The number of aromatic amines is 1. The van der Waals surface area contributed by atoms with E-state index in [1.54, 1.807) is 44.4 Å². The van der Waals surface area contributed by atoms with Gasteiger partial charge in [0, 0.05) is 24.3 Å².